The fourth-order valence-electron chi connectivity index (χ4n) is 2.26. The van der Waals surface area contributed by atoms with Gasteiger partial charge in [0.05, 0.1) is 21.6 Å². The van der Waals surface area contributed by atoms with Crippen LogP contribution in [0.1, 0.15) is 20.9 Å². The number of carbonyl (C=O) groups is 1. The molecule has 0 aromatic carbocycles. The van der Waals surface area contributed by atoms with Gasteiger partial charge in [0.2, 0.25) is 0 Å². The number of carboxylic acid groups (broad SMARTS) is 1. The lowest BCUT2D eigenvalue weighted by Crippen LogP contribution is -1.98. The lowest BCUT2D eigenvalue weighted by Gasteiger charge is -1.98. The van der Waals surface area contributed by atoms with Crippen molar-refractivity contribution >= 4 is 23.0 Å². The van der Waals surface area contributed by atoms with Crippen molar-refractivity contribution in [2.24, 2.45) is 0 Å². The number of thiophene rings is 1. The van der Waals surface area contributed by atoms with Crippen molar-refractivity contribution < 1.29 is 9.90 Å². The standard InChI is InChI=1S/C18H10N4O2S/c23-18(24)14-11-20-22-10-8-15(21-17(14)22)16-7-6-13(25-16)5-4-12-3-1-2-9-19-12/h1-3,6-11H,(H,23,24). The summed E-state index contributed by atoms with van der Waals surface area (Å²) in [5.41, 5.74) is 1.79. The van der Waals surface area contributed by atoms with Gasteiger partial charge in [0.1, 0.15) is 11.3 Å². The number of hydrogen-bond acceptors (Lipinski definition) is 5. The topological polar surface area (TPSA) is 80.4 Å². The summed E-state index contributed by atoms with van der Waals surface area (Å²) >= 11 is 1.49. The Balaban J connectivity index is 1.68. The summed E-state index contributed by atoms with van der Waals surface area (Å²) in [4.78, 5) is 21.6. The number of hydrogen-bond donors (Lipinski definition) is 1. The SMILES string of the molecule is O=C(O)c1cnn2ccc(-c3ccc(C#Cc4ccccn4)s3)nc12. The fraction of sp³-hybridized carbons (Fsp3) is 0. The zero-order valence-corrected chi connectivity index (χ0v) is 13.6. The number of aromatic nitrogens is 4. The Hall–Kier alpha value is -3.50. The molecule has 1 N–H and O–H groups in total. The van der Waals surface area contributed by atoms with Gasteiger partial charge in [0, 0.05) is 12.4 Å². The smallest absolute Gasteiger partial charge is 0.341 e. The molecule has 4 heterocycles. The highest BCUT2D eigenvalue weighted by atomic mass is 32.1. The first-order chi connectivity index (χ1) is 12.2. The number of rotatable bonds is 2. The van der Waals surface area contributed by atoms with Gasteiger partial charge in [-0.3, -0.25) is 0 Å². The molecule has 4 aromatic rings. The maximum Gasteiger partial charge on any atom is 0.341 e. The zero-order chi connectivity index (χ0) is 17.2. The minimum Gasteiger partial charge on any atom is -0.477 e. The van der Waals surface area contributed by atoms with Gasteiger partial charge in [-0.15, -0.1) is 11.3 Å². The lowest BCUT2D eigenvalue weighted by molar-refractivity contribution is 0.0699. The van der Waals surface area contributed by atoms with Crippen molar-refractivity contribution in [3.05, 3.63) is 71.1 Å². The van der Waals surface area contributed by atoms with Crippen LogP contribution < -0.4 is 0 Å². The Morgan fingerprint density at radius 2 is 2.08 bits per heavy atom. The molecule has 6 nitrogen and oxygen atoms in total. The van der Waals surface area contributed by atoms with E-state index in [1.54, 1.807) is 18.5 Å². The van der Waals surface area contributed by atoms with Gasteiger partial charge in [0.25, 0.3) is 0 Å². The van der Waals surface area contributed by atoms with E-state index in [1.807, 2.05) is 30.3 Å². The highest BCUT2D eigenvalue weighted by Crippen LogP contribution is 2.27. The van der Waals surface area contributed by atoms with Gasteiger partial charge in [-0.1, -0.05) is 6.07 Å². The summed E-state index contributed by atoms with van der Waals surface area (Å²) in [6.07, 6.45) is 4.70. The molecule has 0 saturated heterocycles. The molecule has 0 amide bonds. The average molecular weight is 346 g/mol. The number of aromatic carboxylic acids is 1. The van der Waals surface area contributed by atoms with E-state index in [2.05, 4.69) is 26.9 Å². The number of fused-ring (bicyclic) bond motifs is 1. The third-order valence-corrected chi connectivity index (χ3v) is 4.46. The van der Waals surface area contributed by atoms with Crippen LogP contribution in [0.4, 0.5) is 0 Å². The van der Waals surface area contributed by atoms with Crippen molar-refractivity contribution in [1.82, 2.24) is 19.6 Å². The van der Waals surface area contributed by atoms with Gasteiger partial charge in [-0.25, -0.2) is 19.3 Å². The van der Waals surface area contributed by atoms with Crippen molar-refractivity contribution in [3.63, 3.8) is 0 Å². The molecule has 0 aliphatic carbocycles. The molecule has 0 aliphatic heterocycles. The maximum absolute atomic E-state index is 11.2. The molecule has 7 heteroatoms. The number of nitrogens with zero attached hydrogens (tertiary/aromatic N) is 4. The van der Waals surface area contributed by atoms with Gasteiger partial charge in [-0.05, 0) is 42.2 Å². The van der Waals surface area contributed by atoms with Crippen LogP contribution in [0.15, 0.2) is 55.0 Å². The minimum absolute atomic E-state index is 0.0774. The molecule has 0 atom stereocenters. The van der Waals surface area contributed by atoms with Crippen molar-refractivity contribution in [2.45, 2.75) is 0 Å². The second kappa shape index (κ2) is 6.19. The molecule has 0 radical (unpaired) electrons. The predicted octanol–water partition coefficient (Wildman–Crippen LogP) is 2.95. The molecule has 0 spiro atoms. The molecule has 0 saturated carbocycles. The molecule has 25 heavy (non-hydrogen) atoms. The molecule has 4 rings (SSSR count). The van der Waals surface area contributed by atoms with E-state index in [1.165, 1.54) is 22.0 Å². The quantitative estimate of drug-likeness (QED) is 0.565. The number of carboxylic acids is 1. The third kappa shape index (κ3) is 2.98. The second-order valence-corrected chi connectivity index (χ2v) is 6.16. The van der Waals surface area contributed by atoms with Crippen LogP contribution in [0.2, 0.25) is 0 Å². The van der Waals surface area contributed by atoms with Crippen LogP contribution in [0.3, 0.4) is 0 Å². The van der Waals surface area contributed by atoms with Crippen LogP contribution in [-0.2, 0) is 0 Å². The highest BCUT2D eigenvalue weighted by Gasteiger charge is 2.14. The summed E-state index contributed by atoms with van der Waals surface area (Å²) in [7, 11) is 0. The first-order valence-electron chi connectivity index (χ1n) is 7.32. The van der Waals surface area contributed by atoms with E-state index >= 15 is 0 Å². The molecular formula is C18H10N4O2S. The molecule has 0 fully saturated rings. The first kappa shape index (κ1) is 15.1. The molecular weight excluding hydrogens is 336 g/mol. The van der Waals surface area contributed by atoms with E-state index in [-0.39, 0.29) is 5.56 Å². The van der Waals surface area contributed by atoms with Crippen molar-refractivity contribution in [3.8, 4) is 22.4 Å². The fourth-order valence-corrected chi connectivity index (χ4v) is 3.09. The maximum atomic E-state index is 11.2. The van der Waals surface area contributed by atoms with Crippen LogP contribution in [0.5, 0.6) is 0 Å². The van der Waals surface area contributed by atoms with Crippen LogP contribution >= 0.6 is 11.3 Å². The van der Waals surface area contributed by atoms with Crippen LogP contribution in [0, 0.1) is 11.8 Å². The van der Waals surface area contributed by atoms with Gasteiger partial charge < -0.3 is 5.11 Å². The van der Waals surface area contributed by atoms with Crippen molar-refractivity contribution in [2.75, 3.05) is 0 Å². The van der Waals surface area contributed by atoms with E-state index in [9.17, 15) is 9.90 Å². The molecule has 120 valence electrons. The summed E-state index contributed by atoms with van der Waals surface area (Å²) in [6, 6.07) is 11.2. The Bertz CT molecular complexity index is 1140. The Morgan fingerprint density at radius 3 is 2.88 bits per heavy atom. The Morgan fingerprint density at radius 1 is 1.16 bits per heavy atom. The largest absolute Gasteiger partial charge is 0.477 e. The summed E-state index contributed by atoms with van der Waals surface area (Å²) < 4.78 is 1.45. The van der Waals surface area contributed by atoms with E-state index in [0.717, 1.165) is 9.75 Å². The second-order valence-electron chi connectivity index (χ2n) is 5.07. The Labute approximate surface area is 146 Å². The third-order valence-electron chi connectivity index (χ3n) is 3.44. The van der Waals surface area contributed by atoms with Gasteiger partial charge >= 0.3 is 5.97 Å². The van der Waals surface area contributed by atoms with E-state index < -0.39 is 5.97 Å². The summed E-state index contributed by atoms with van der Waals surface area (Å²) in [5, 5.41) is 13.2. The van der Waals surface area contributed by atoms with Crippen LogP contribution in [-0.4, -0.2) is 30.7 Å². The molecule has 0 unspecified atom stereocenters. The van der Waals surface area contributed by atoms with E-state index in [4.69, 9.17) is 0 Å². The molecule has 0 bridgehead atoms. The lowest BCUT2D eigenvalue weighted by atomic mass is 10.3. The summed E-state index contributed by atoms with van der Waals surface area (Å²) in [5.74, 6) is 5.04. The van der Waals surface area contributed by atoms with Gasteiger partial charge in [0.15, 0.2) is 5.65 Å². The number of pyridine rings is 1. The van der Waals surface area contributed by atoms with E-state index in [0.29, 0.717) is 17.0 Å². The average Bonchev–Trinajstić information content (AvgIpc) is 3.27. The Kier molecular flexibility index (Phi) is 3.72. The minimum atomic E-state index is -1.05. The van der Waals surface area contributed by atoms with Gasteiger partial charge in [-0.2, -0.15) is 5.10 Å². The highest BCUT2D eigenvalue weighted by molar-refractivity contribution is 7.16. The zero-order valence-electron chi connectivity index (χ0n) is 12.7. The van der Waals surface area contributed by atoms with Crippen LogP contribution in [0.25, 0.3) is 16.2 Å². The molecule has 4 aromatic heterocycles. The van der Waals surface area contributed by atoms with Crippen molar-refractivity contribution in [1.29, 1.82) is 0 Å². The normalized spacial score (nSPS) is 10.4. The first-order valence-corrected chi connectivity index (χ1v) is 8.13. The predicted molar refractivity (Wildman–Crippen MR) is 93.5 cm³/mol. The summed E-state index contributed by atoms with van der Waals surface area (Å²) in [6.45, 7) is 0. The molecule has 0 aliphatic rings. The monoisotopic (exact) mass is 346 g/mol.